The minimum Gasteiger partial charge on any atom is -0.478 e. The van der Waals surface area contributed by atoms with Crippen LogP contribution >= 0.6 is 11.6 Å². The van der Waals surface area contributed by atoms with E-state index in [1.807, 2.05) is 11.5 Å². The highest BCUT2D eigenvalue weighted by atomic mass is 35.5. The van der Waals surface area contributed by atoms with Gasteiger partial charge in [0, 0.05) is 11.9 Å². The largest absolute Gasteiger partial charge is 0.478 e. The second-order valence-electron chi connectivity index (χ2n) is 5.03. The van der Waals surface area contributed by atoms with Gasteiger partial charge in [0.1, 0.15) is 6.33 Å². The number of anilines is 2. The lowest BCUT2D eigenvalue weighted by Gasteiger charge is -2.11. The maximum atomic E-state index is 11.3. The van der Waals surface area contributed by atoms with Crippen LogP contribution in [0.3, 0.4) is 0 Å². The minimum absolute atomic E-state index is 0.0377. The van der Waals surface area contributed by atoms with Gasteiger partial charge in [-0.3, -0.25) is 0 Å². The number of carboxylic acids is 1. The predicted octanol–water partition coefficient (Wildman–Crippen LogP) is 3.07. The van der Waals surface area contributed by atoms with E-state index in [0.29, 0.717) is 28.5 Å². The monoisotopic (exact) mass is 331 g/mol. The fourth-order valence-corrected chi connectivity index (χ4v) is 2.40. The summed E-state index contributed by atoms with van der Waals surface area (Å²) < 4.78 is 1.86. The van der Waals surface area contributed by atoms with Crippen LogP contribution in [0.1, 0.15) is 23.3 Å². The van der Waals surface area contributed by atoms with E-state index in [-0.39, 0.29) is 11.6 Å². The number of para-hydroxylation sites is 1. The number of carboxylic acid groups (broad SMARTS) is 1. The number of benzene rings is 1. The van der Waals surface area contributed by atoms with Crippen molar-refractivity contribution in [1.82, 2.24) is 19.5 Å². The Kier molecular flexibility index (Phi) is 4.12. The standard InChI is InChI=1S/C15H14ClN5O2/c1-9(6-16)21-8-19-12-13(17-7-18-14(12)21)20-11-5-3-2-4-10(11)15(22)23/h2-5,7-9H,6H2,1H3,(H,22,23)(H,17,18,20). The highest BCUT2D eigenvalue weighted by Crippen LogP contribution is 2.25. The first-order valence-corrected chi connectivity index (χ1v) is 7.48. The number of halogens is 1. The first-order valence-electron chi connectivity index (χ1n) is 6.94. The number of imidazole rings is 1. The number of nitrogens with zero attached hydrogens (tertiary/aromatic N) is 4. The molecule has 2 heterocycles. The summed E-state index contributed by atoms with van der Waals surface area (Å²) in [6.07, 6.45) is 3.06. The van der Waals surface area contributed by atoms with E-state index < -0.39 is 5.97 Å². The molecule has 2 N–H and O–H groups in total. The lowest BCUT2D eigenvalue weighted by Crippen LogP contribution is -2.07. The van der Waals surface area contributed by atoms with Gasteiger partial charge >= 0.3 is 5.97 Å². The minimum atomic E-state index is -1.01. The molecule has 3 rings (SSSR count). The molecule has 1 aromatic carbocycles. The molecule has 0 fully saturated rings. The predicted molar refractivity (Wildman–Crippen MR) is 87.4 cm³/mol. The van der Waals surface area contributed by atoms with Gasteiger partial charge in [0.2, 0.25) is 0 Å². The van der Waals surface area contributed by atoms with E-state index in [4.69, 9.17) is 11.6 Å². The summed E-state index contributed by atoms with van der Waals surface area (Å²) in [6, 6.07) is 6.66. The quantitative estimate of drug-likeness (QED) is 0.698. The molecule has 0 spiro atoms. The lowest BCUT2D eigenvalue weighted by atomic mass is 10.2. The second kappa shape index (κ2) is 6.21. The van der Waals surface area contributed by atoms with Crippen molar-refractivity contribution < 1.29 is 9.90 Å². The summed E-state index contributed by atoms with van der Waals surface area (Å²) in [4.78, 5) is 24.0. The van der Waals surface area contributed by atoms with E-state index in [2.05, 4.69) is 20.3 Å². The third-order valence-electron chi connectivity index (χ3n) is 3.47. The average Bonchev–Trinajstić information content (AvgIpc) is 2.99. The second-order valence-corrected chi connectivity index (χ2v) is 5.33. The molecule has 0 saturated heterocycles. The SMILES string of the molecule is CC(CCl)n1cnc2c(Nc3ccccc3C(=O)O)ncnc21. The van der Waals surface area contributed by atoms with Crippen molar-refractivity contribution in [3.8, 4) is 0 Å². The van der Waals surface area contributed by atoms with Crippen molar-refractivity contribution in [3.05, 3.63) is 42.5 Å². The molecule has 23 heavy (non-hydrogen) atoms. The molecule has 0 saturated carbocycles. The maximum Gasteiger partial charge on any atom is 0.337 e. The molecule has 8 heteroatoms. The molecule has 118 valence electrons. The van der Waals surface area contributed by atoms with Crippen LogP contribution < -0.4 is 5.32 Å². The Morgan fingerprint density at radius 1 is 1.35 bits per heavy atom. The summed E-state index contributed by atoms with van der Waals surface area (Å²) in [5, 5.41) is 12.3. The molecule has 0 bridgehead atoms. The van der Waals surface area contributed by atoms with Gasteiger partial charge in [-0.15, -0.1) is 11.6 Å². The van der Waals surface area contributed by atoms with E-state index in [9.17, 15) is 9.90 Å². The number of hydrogen-bond acceptors (Lipinski definition) is 5. The van der Waals surface area contributed by atoms with Gasteiger partial charge < -0.3 is 15.0 Å². The van der Waals surface area contributed by atoms with Gasteiger partial charge in [-0.1, -0.05) is 12.1 Å². The number of aromatic carboxylic acids is 1. The molecule has 0 radical (unpaired) electrons. The van der Waals surface area contributed by atoms with Crippen molar-refractivity contribution in [3.63, 3.8) is 0 Å². The van der Waals surface area contributed by atoms with Crippen LogP contribution in [0.2, 0.25) is 0 Å². The Morgan fingerprint density at radius 3 is 2.87 bits per heavy atom. The molecule has 1 atom stereocenters. The topological polar surface area (TPSA) is 92.9 Å². The fourth-order valence-electron chi connectivity index (χ4n) is 2.25. The highest BCUT2D eigenvalue weighted by Gasteiger charge is 2.15. The molecule has 3 aromatic rings. The van der Waals surface area contributed by atoms with Crippen LogP contribution in [0.25, 0.3) is 11.2 Å². The van der Waals surface area contributed by atoms with Crippen LogP contribution in [-0.2, 0) is 0 Å². The molecule has 0 amide bonds. The number of nitrogens with one attached hydrogen (secondary N) is 1. The zero-order valence-electron chi connectivity index (χ0n) is 12.3. The summed E-state index contributed by atoms with van der Waals surface area (Å²) in [7, 11) is 0. The van der Waals surface area contributed by atoms with Crippen LogP contribution in [0.15, 0.2) is 36.9 Å². The Balaban J connectivity index is 2.05. The molecule has 0 aliphatic heterocycles. The number of aromatic nitrogens is 4. The number of fused-ring (bicyclic) bond motifs is 1. The normalized spacial score (nSPS) is 12.3. The van der Waals surface area contributed by atoms with E-state index in [1.165, 1.54) is 12.4 Å². The number of rotatable bonds is 5. The molecule has 2 aromatic heterocycles. The summed E-state index contributed by atoms with van der Waals surface area (Å²) in [6.45, 7) is 1.96. The molecule has 1 unspecified atom stereocenters. The Morgan fingerprint density at radius 2 is 2.13 bits per heavy atom. The fraction of sp³-hybridized carbons (Fsp3) is 0.200. The Bertz CT molecular complexity index is 864. The van der Waals surface area contributed by atoms with Gasteiger partial charge in [0.05, 0.1) is 17.6 Å². The number of carbonyl (C=O) groups is 1. The molecule has 0 aliphatic rings. The summed E-state index contributed by atoms with van der Waals surface area (Å²) in [5.74, 6) is -0.135. The van der Waals surface area contributed by atoms with Gasteiger partial charge in [0.15, 0.2) is 17.0 Å². The van der Waals surface area contributed by atoms with E-state index >= 15 is 0 Å². The van der Waals surface area contributed by atoms with Crippen LogP contribution in [0.4, 0.5) is 11.5 Å². The van der Waals surface area contributed by atoms with E-state index in [0.717, 1.165) is 0 Å². The zero-order valence-corrected chi connectivity index (χ0v) is 13.0. The highest BCUT2D eigenvalue weighted by molar-refractivity contribution is 6.18. The van der Waals surface area contributed by atoms with Crippen LogP contribution in [-0.4, -0.2) is 36.5 Å². The van der Waals surface area contributed by atoms with Crippen molar-refractivity contribution >= 4 is 40.2 Å². The van der Waals surface area contributed by atoms with Crippen molar-refractivity contribution in [1.29, 1.82) is 0 Å². The summed E-state index contributed by atoms with van der Waals surface area (Å²) >= 11 is 5.90. The first kappa shape index (κ1) is 15.2. The average molecular weight is 332 g/mol. The smallest absolute Gasteiger partial charge is 0.337 e. The van der Waals surface area contributed by atoms with Crippen LogP contribution in [0.5, 0.6) is 0 Å². The molecule has 0 aliphatic carbocycles. The van der Waals surface area contributed by atoms with Gasteiger partial charge in [-0.25, -0.2) is 19.7 Å². The number of alkyl halides is 1. The van der Waals surface area contributed by atoms with Gasteiger partial charge in [0.25, 0.3) is 0 Å². The number of hydrogen-bond donors (Lipinski definition) is 2. The molecule has 7 nitrogen and oxygen atoms in total. The zero-order chi connectivity index (χ0) is 16.4. The first-order chi connectivity index (χ1) is 11.1. The van der Waals surface area contributed by atoms with Crippen LogP contribution in [0, 0.1) is 0 Å². The van der Waals surface area contributed by atoms with Gasteiger partial charge in [-0.05, 0) is 19.1 Å². The van der Waals surface area contributed by atoms with Gasteiger partial charge in [-0.2, -0.15) is 0 Å². The third-order valence-corrected chi connectivity index (χ3v) is 3.91. The lowest BCUT2D eigenvalue weighted by molar-refractivity contribution is 0.0698. The Labute approximate surface area is 137 Å². The van der Waals surface area contributed by atoms with Crippen molar-refractivity contribution in [2.45, 2.75) is 13.0 Å². The van der Waals surface area contributed by atoms with Crippen molar-refractivity contribution in [2.24, 2.45) is 0 Å². The maximum absolute atomic E-state index is 11.3. The Hall–Kier alpha value is -2.67. The molecular weight excluding hydrogens is 318 g/mol. The third kappa shape index (κ3) is 2.83. The van der Waals surface area contributed by atoms with E-state index in [1.54, 1.807) is 24.5 Å². The summed E-state index contributed by atoms with van der Waals surface area (Å²) in [5.41, 5.74) is 1.81. The molecular formula is C15H14ClN5O2. The van der Waals surface area contributed by atoms with Crippen molar-refractivity contribution in [2.75, 3.05) is 11.2 Å².